The van der Waals surface area contributed by atoms with Crippen LogP contribution in [-0.4, -0.2) is 70.1 Å². The summed E-state index contributed by atoms with van der Waals surface area (Å²) in [5, 5.41) is 0. The van der Waals surface area contributed by atoms with Gasteiger partial charge >= 0.3 is 0 Å². The zero-order valence-electron chi connectivity index (χ0n) is 11.7. The lowest BCUT2D eigenvalue weighted by Crippen LogP contribution is -2.47. The van der Waals surface area contributed by atoms with E-state index in [1.54, 1.807) is 4.31 Å². The molecule has 0 saturated carbocycles. The molecule has 112 valence electrons. The summed E-state index contributed by atoms with van der Waals surface area (Å²) in [4.78, 5) is 2.43. The molecular formula is C12H25N3O3S. The summed E-state index contributed by atoms with van der Waals surface area (Å²) in [6.07, 6.45) is 1.92. The molecule has 0 bridgehead atoms. The van der Waals surface area contributed by atoms with Crippen molar-refractivity contribution >= 4 is 10.2 Å². The maximum atomic E-state index is 11.9. The average molecular weight is 291 g/mol. The Kier molecular flexibility index (Phi) is 5.58. The second-order valence-electron chi connectivity index (χ2n) is 5.26. The third kappa shape index (κ3) is 4.39. The molecule has 1 N–H and O–H groups in total. The fraction of sp³-hybridized carbons (Fsp3) is 1.00. The summed E-state index contributed by atoms with van der Waals surface area (Å²) in [5.41, 5.74) is 0. The number of nitrogens with zero attached hydrogens (tertiary/aromatic N) is 2. The standard InChI is InChI=1S/C12H25N3O3S/c1-2-13-19(16,17)15-5-3-12(4-6-15)11-14-7-9-18-10-8-14/h12-13H,2-11H2,1H3. The van der Waals surface area contributed by atoms with Gasteiger partial charge in [0.15, 0.2) is 0 Å². The predicted molar refractivity (Wildman–Crippen MR) is 74.2 cm³/mol. The summed E-state index contributed by atoms with van der Waals surface area (Å²) in [6, 6.07) is 0. The number of nitrogens with one attached hydrogen (secondary N) is 1. The summed E-state index contributed by atoms with van der Waals surface area (Å²) in [5.74, 6) is 0.617. The molecule has 0 aromatic carbocycles. The Balaban J connectivity index is 1.75. The van der Waals surface area contributed by atoms with Crippen LogP contribution in [0.1, 0.15) is 19.8 Å². The first-order valence-electron chi connectivity index (χ1n) is 7.16. The van der Waals surface area contributed by atoms with Crippen LogP contribution in [0, 0.1) is 5.92 Å². The van der Waals surface area contributed by atoms with E-state index < -0.39 is 10.2 Å². The normalized spacial score (nSPS) is 24.7. The maximum Gasteiger partial charge on any atom is 0.279 e. The molecule has 0 atom stereocenters. The molecule has 6 nitrogen and oxygen atoms in total. The number of ether oxygens (including phenoxy) is 1. The molecule has 2 aliphatic heterocycles. The molecule has 0 spiro atoms. The second-order valence-corrected chi connectivity index (χ2v) is 7.01. The van der Waals surface area contributed by atoms with Gasteiger partial charge in [0.2, 0.25) is 0 Å². The molecule has 2 rings (SSSR count). The van der Waals surface area contributed by atoms with Crippen LogP contribution < -0.4 is 4.72 Å². The van der Waals surface area contributed by atoms with Gasteiger partial charge < -0.3 is 4.74 Å². The summed E-state index contributed by atoms with van der Waals surface area (Å²) >= 11 is 0. The van der Waals surface area contributed by atoms with Crippen molar-refractivity contribution in [3.8, 4) is 0 Å². The lowest BCUT2D eigenvalue weighted by atomic mass is 9.97. The van der Waals surface area contributed by atoms with Crippen molar-refractivity contribution < 1.29 is 13.2 Å². The Morgan fingerprint density at radius 1 is 1.16 bits per heavy atom. The van der Waals surface area contributed by atoms with Crippen molar-refractivity contribution in [1.29, 1.82) is 0 Å². The van der Waals surface area contributed by atoms with Crippen LogP contribution in [-0.2, 0) is 14.9 Å². The van der Waals surface area contributed by atoms with Gasteiger partial charge in [-0.05, 0) is 18.8 Å². The molecule has 0 aromatic heterocycles. The van der Waals surface area contributed by atoms with Crippen molar-refractivity contribution in [2.75, 3.05) is 52.5 Å². The molecule has 19 heavy (non-hydrogen) atoms. The van der Waals surface area contributed by atoms with Gasteiger partial charge in [0.1, 0.15) is 0 Å². The van der Waals surface area contributed by atoms with E-state index in [0.717, 1.165) is 45.7 Å². The topological polar surface area (TPSA) is 61.9 Å². The maximum absolute atomic E-state index is 11.9. The van der Waals surface area contributed by atoms with Crippen LogP contribution in [0.4, 0.5) is 0 Å². The van der Waals surface area contributed by atoms with E-state index in [2.05, 4.69) is 9.62 Å². The Morgan fingerprint density at radius 2 is 1.79 bits per heavy atom. The quantitative estimate of drug-likeness (QED) is 0.767. The lowest BCUT2D eigenvalue weighted by molar-refractivity contribution is 0.0268. The summed E-state index contributed by atoms with van der Waals surface area (Å²) in [6.45, 7) is 8.30. The lowest BCUT2D eigenvalue weighted by Gasteiger charge is -2.35. The highest BCUT2D eigenvalue weighted by Gasteiger charge is 2.28. The number of piperidine rings is 1. The first-order valence-corrected chi connectivity index (χ1v) is 8.60. The molecule has 0 amide bonds. The molecule has 2 aliphatic rings. The number of morpholine rings is 1. The van der Waals surface area contributed by atoms with Gasteiger partial charge in [-0.1, -0.05) is 6.92 Å². The summed E-state index contributed by atoms with van der Waals surface area (Å²) < 4.78 is 33.2. The molecular weight excluding hydrogens is 266 g/mol. The first kappa shape index (κ1) is 15.2. The monoisotopic (exact) mass is 291 g/mol. The molecule has 0 aliphatic carbocycles. The van der Waals surface area contributed by atoms with Crippen LogP contribution in [0.5, 0.6) is 0 Å². The van der Waals surface area contributed by atoms with Crippen LogP contribution in [0.15, 0.2) is 0 Å². The van der Waals surface area contributed by atoms with E-state index in [-0.39, 0.29) is 0 Å². The van der Waals surface area contributed by atoms with Gasteiger partial charge in [-0.25, -0.2) is 4.72 Å². The van der Waals surface area contributed by atoms with Gasteiger partial charge in [0.05, 0.1) is 13.2 Å². The molecule has 2 fully saturated rings. The zero-order chi connectivity index (χ0) is 13.7. The Hall–Kier alpha value is -0.210. The minimum absolute atomic E-state index is 0.454. The predicted octanol–water partition coefficient (Wildman–Crippen LogP) is -0.115. The van der Waals surface area contributed by atoms with E-state index in [0.29, 0.717) is 25.6 Å². The first-order chi connectivity index (χ1) is 9.12. The van der Waals surface area contributed by atoms with Crippen LogP contribution in [0.25, 0.3) is 0 Å². The van der Waals surface area contributed by atoms with Crippen LogP contribution in [0.2, 0.25) is 0 Å². The SMILES string of the molecule is CCNS(=O)(=O)N1CCC(CN2CCOCC2)CC1. The molecule has 7 heteroatoms. The Bertz CT molecular complexity index is 360. The molecule has 2 heterocycles. The smallest absolute Gasteiger partial charge is 0.279 e. The Morgan fingerprint density at radius 3 is 2.37 bits per heavy atom. The van der Waals surface area contributed by atoms with Gasteiger partial charge in [0, 0.05) is 39.3 Å². The average Bonchev–Trinajstić information content (AvgIpc) is 2.40. The minimum atomic E-state index is -3.24. The van der Waals surface area contributed by atoms with Gasteiger partial charge in [-0.2, -0.15) is 12.7 Å². The van der Waals surface area contributed by atoms with Crippen molar-refractivity contribution in [2.24, 2.45) is 5.92 Å². The number of rotatable bonds is 5. The van der Waals surface area contributed by atoms with E-state index >= 15 is 0 Å². The van der Waals surface area contributed by atoms with Crippen molar-refractivity contribution in [2.45, 2.75) is 19.8 Å². The fourth-order valence-corrected chi connectivity index (χ4v) is 3.99. The van der Waals surface area contributed by atoms with Gasteiger partial charge in [0.25, 0.3) is 10.2 Å². The third-order valence-corrected chi connectivity index (χ3v) is 5.56. The molecule has 0 aromatic rings. The largest absolute Gasteiger partial charge is 0.379 e. The fourth-order valence-electron chi connectivity index (χ4n) is 2.75. The second kappa shape index (κ2) is 6.99. The van der Waals surface area contributed by atoms with E-state index in [1.165, 1.54) is 0 Å². The minimum Gasteiger partial charge on any atom is -0.379 e. The highest BCUT2D eigenvalue weighted by Crippen LogP contribution is 2.20. The molecule has 0 radical (unpaired) electrons. The highest BCUT2D eigenvalue weighted by molar-refractivity contribution is 7.87. The molecule has 2 saturated heterocycles. The van der Waals surface area contributed by atoms with Crippen molar-refractivity contribution in [3.63, 3.8) is 0 Å². The zero-order valence-corrected chi connectivity index (χ0v) is 12.5. The van der Waals surface area contributed by atoms with Crippen LogP contribution in [0.3, 0.4) is 0 Å². The van der Waals surface area contributed by atoms with Crippen molar-refractivity contribution in [3.05, 3.63) is 0 Å². The van der Waals surface area contributed by atoms with E-state index in [4.69, 9.17) is 4.74 Å². The Labute approximate surface area is 116 Å². The van der Waals surface area contributed by atoms with Gasteiger partial charge in [-0.3, -0.25) is 4.90 Å². The van der Waals surface area contributed by atoms with Gasteiger partial charge in [-0.15, -0.1) is 0 Å². The number of hydrogen-bond acceptors (Lipinski definition) is 4. The van der Waals surface area contributed by atoms with E-state index in [9.17, 15) is 8.42 Å². The van der Waals surface area contributed by atoms with Crippen LogP contribution >= 0.6 is 0 Å². The third-order valence-electron chi connectivity index (χ3n) is 3.86. The highest BCUT2D eigenvalue weighted by atomic mass is 32.2. The van der Waals surface area contributed by atoms with E-state index in [1.807, 2.05) is 6.92 Å². The van der Waals surface area contributed by atoms with Crippen molar-refractivity contribution in [1.82, 2.24) is 13.9 Å². The summed E-state index contributed by atoms with van der Waals surface area (Å²) in [7, 11) is -3.24. The molecule has 0 unspecified atom stereocenters. The number of hydrogen-bond donors (Lipinski definition) is 1.